The van der Waals surface area contributed by atoms with Crippen LogP contribution < -0.4 is 10.1 Å². The zero-order chi connectivity index (χ0) is 25.6. The number of carbonyl (C=O) groups is 1. The van der Waals surface area contributed by atoms with Gasteiger partial charge < -0.3 is 4.74 Å². The van der Waals surface area contributed by atoms with Crippen LogP contribution in [0.15, 0.2) is 60.8 Å². The Bertz CT molecular complexity index is 1330. The molecule has 35 heavy (non-hydrogen) atoms. The number of anilines is 1. The smallest absolute Gasteiger partial charge is 0.416 e. The molecule has 0 saturated carbocycles. The van der Waals surface area contributed by atoms with Crippen molar-refractivity contribution in [1.82, 2.24) is 4.98 Å². The highest BCUT2D eigenvalue weighted by Gasteiger charge is 2.31. The molecule has 3 rings (SSSR count). The van der Waals surface area contributed by atoms with E-state index in [2.05, 4.69) is 16.9 Å². The molecule has 5 nitrogen and oxygen atoms in total. The first-order chi connectivity index (χ1) is 16.6. The van der Waals surface area contributed by atoms with Gasteiger partial charge in [0.15, 0.2) is 5.13 Å². The average Bonchev–Trinajstić information content (AvgIpc) is 3.24. The van der Waals surface area contributed by atoms with Gasteiger partial charge in [0.1, 0.15) is 24.0 Å². The predicted octanol–water partition coefficient (Wildman–Crippen LogP) is 7.17. The minimum Gasteiger partial charge on any atom is -0.489 e. The van der Waals surface area contributed by atoms with E-state index in [1.807, 2.05) is 6.07 Å². The number of nitrogens with zero attached hydrogens (tertiary/aromatic N) is 2. The van der Waals surface area contributed by atoms with Crippen LogP contribution in [0.3, 0.4) is 0 Å². The lowest BCUT2D eigenvalue weighted by atomic mass is 10.1. The number of amides is 1. The Morgan fingerprint density at radius 3 is 2.71 bits per heavy atom. The summed E-state index contributed by atoms with van der Waals surface area (Å²) in [6.45, 7) is 3.79. The first-order valence-electron chi connectivity index (χ1n) is 9.87. The molecule has 180 valence electrons. The number of benzene rings is 2. The lowest BCUT2D eigenvalue weighted by Gasteiger charge is -2.09. The summed E-state index contributed by atoms with van der Waals surface area (Å²) in [5.41, 5.74) is -0.344. The molecule has 11 heteroatoms. The van der Waals surface area contributed by atoms with Crippen LogP contribution in [0.25, 0.3) is 6.08 Å². The van der Waals surface area contributed by atoms with Gasteiger partial charge in [0.05, 0.1) is 5.56 Å². The predicted molar refractivity (Wildman–Crippen MR) is 131 cm³/mol. The second-order valence-electron chi connectivity index (χ2n) is 7.02. The van der Waals surface area contributed by atoms with E-state index in [9.17, 15) is 23.2 Å². The van der Waals surface area contributed by atoms with Crippen molar-refractivity contribution in [2.45, 2.75) is 12.6 Å². The summed E-state index contributed by atoms with van der Waals surface area (Å²) < 4.78 is 44.6. The van der Waals surface area contributed by atoms with E-state index in [0.717, 1.165) is 23.5 Å². The number of rotatable bonds is 8. The van der Waals surface area contributed by atoms with Crippen molar-refractivity contribution in [3.63, 3.8) is 0 Å². The highest BCUT2D eigenvalue weighted by molar-refractivity contribution is 7.15. The van der Waals surface area contributed by atoms with E-state index in [1.54, 1.807) is 24.3 Å². The van der Waals surface area contributed by atoms with Gasteiger partial charge in [-0.1, -0.05) is 35.9 Å². The highest BCUT2D eigenvalue weighted by atomic mass is 35.5. The summed E-state index contributed by atoms with van der Waals surface area (Å²) >= 11 is 13.1. The lowest BCUT2D eigenvalue weighted by molar-refractivity contribution is -0.137. The van der Waals surface area contributed by atoms with E-state index in [4.69, 9.17) is 27.9 Å². The number of nitriles is 1. The summed E-state index contributed by atoms with van der Waals surface area (Å²) in [7, 11) is 0. The Morgan fingerprint density at radius 1 is 1.26 bits per heavy atom. The zero-order valence-electron chi connectivity index (χ0n) is 17.8. The highest BCUT2D eigenvalue weighted by Crippen LogP contribution is 2.33. The molecule has 1 heterocycles. The van der Waals surface area contributed by atoms with Gasteiger partial charge in [-0.25, -0.2) is 4.98 Å². The molecule has 0 radical (unpaired) electrons. The van der Waals surface area contributed by atoms with E-state index >= 15 is 0 Å². The van der Waals surface area contributed by atoms with Crippen LogP contribution in [-0.2, 0) is 17.4 Å². The molecule has 0 aliphatic rings. The van der Waals surface area contributed by atoms with Crippen molar-refractivity contribution < 1.29 is 22.7 Å². The fourth-order valence-corrected chi connectivity index (χ4v) is 4.10. The van der Waals surface area contributed by atoms with Gasteiger partial charge in [0.25, 0.3) is 5.91 Å². The number of halogens is 5. The van der Waals surface area contributed by atoms with E-state index in [1.165, 1.54) is 18.3 Å². The number of thiazole rings is 1. The van der Waals surface area contributed by atoms with Gasteiger partial charge in [0, 0.05) is 33.1 Å². The maximum Gasteiger partial charge on any atom is 0.416 e. The van der Waals surface area contributed by atoms with Gasteiger partial charge in [-0.15, -0.1) is 11.3 Å². The van der Waals surface area contributed by atoms with Gasteiger partial charge in [-0.3, -0.25) is 10.1 Å². The Hall–Kier alpha value is -3.32. The number of carbonyl (C=O) groups excluding carboxylic acids is 1. The number of nitrogens with one attached hydrogen (secondary N) is 1. The largest absolute Gasteiger partial charge is 0.489 e. The third kappa shape index (κ3) is 7.09. The zero-order valence-corrected chi connectivity index (χ0v) is 20.2. The molecular weight excluding hydrogens is 522 g/mol. The fraction of sp³-hybridized carbons (Fsp3) is 0.125. The number of ether oxygens (including phenoxy) is 1. The quantitative estimate of drug-likeness (QED) is 0.188. The molecule has 3 aromatic rings. The van der Waals surface area contributed by atoms with Crippen molar-refractivity contribution in [3.05, 3.63) is 92.4 Å². The second-order valence-corrected chi connectivity index (χ2v) is 8.98. The Morgan fingerprint density at radius 2 is 2.03 bits per heavy atom. The first-order valence-corrected chi connectivity index (χ1v) is 11.4. The molecule has 1 amide bonds. The molecular formula is C24H16Cl2F3N3O2S. The summed E-state index contributed by atoms with van der Waals surface area (Å²) in [6.07, 6.45) is -0.108. The van der Waals surface area contributed by atoms with E-state index in [-0.39, 0.29) is 34.3 Å². The molecule has 0 bridgehead atoms. The standard InChI is InChI=1S/C24H16Cl2F3N3O2S/c1-2-7-34-21-6-4-18(25)10-15(21)8-16(12-30)22(33)32-23-31-13-19(35-23)11-14-9-17(24(27,28)29)3-5-20(14)26/h2-6,8-10,13H,1,7,11H2,(H,31,32,33)/b16-8+. The van der Waals surface area contributed by atoms with Gasteiger partial charge in [-0.05, 0) is 48.0 Å². The minimum absolute atomic E-state index is 0.0871. The monoisotopic (exact) mass is 537 g/mol. The maximum atomic E-state index is 13.0. The van der Waals surface area contributed by atoms with Crippen LogP contribution in [0.1, 0.15) is 21.6 Å². The van der Waals surface area contributed by atoms with Crippen LogP contribution in [-0.4, -0.2) is 17.5 Å². The third-order valence-electron chi connectivity index (χ3n) is 4.51. The van der Waals surface area contributed by atoms with Crippen molar-refractivity contribution in [1.29, 1.82) is 5.26 Å². The SMILES string of the molecule is C=CCOc1ccc(Cl)cc1/C=C(\C#N)C(=O)Nc1ncc(Cc2cc(C(F)(F)F)ccc2Cl)s1. The van der Waals surface area contributed by atoms with Crippen LogP contribution in [0.5, 0.6) is 5.75 Å². The number of alkyl halides is 3. The normalized spacial score (nSPS) is 11.6. The number of hydrogen-bond donors (Lipinski definition) is 1. The van der Waals surface area contributed by atoms with E-state index in [0.29, 0.717) is 21.2 Å². The molecule has 0 spiro atoms. The fourth-order valence-electron chi connectivity index (χ4n) is 2.90. The van der Waals surface area contributed by atoms with Crippen molar-refractivity contribution in [2.75, 3.05) is 11.9 Å². The molecule has 0 atom stereocenters. The molecule has 0 aliphatic carbocycles. The number of aromatic nitrogens is 1. The molecule has 1 N–H and O–H groups in total. The van der Waals surface area contributed by atoms with Gasteiger partial charge in [-0.2, -0.15) is 18.4 Å². The molecule has 0 aliphatic heterocycles. The molecule has 0 unspecified atom stereocenters. The second kappa shape index (κ2) is 11.4. The van der Waals surface area contributed by atoms with Gasteiger partial charge >= 0.3 is 6.18 Å². The Balaban J connectivity index is 1.77. The molecule has 2 aromatic carbocycles. The summed E-state index contributed by atoms with van der Waals surface area (Å²) in [4.78, 5) is 17.3. The third-order valence-corrected chi connectivity index (χ3v) is 6.02. The summed E-state index contributed by atoms with van der Waals surface area (Å²) in [5, 5.41) is 12.8. The first kappa shape index (κ1) is 26.3. The van der Waals surface area contributed by atoms with Crippen molar-refractivity contribution >= 4 is 51.7 Å². The van der Waals surface area contributed by atoms with Crippen LogP contribution in [0.4, 0.5) is 18.3 Å². The topological polar surface area (TPSA) is 75.0 Å². The van der Waals surface area contributed by atoms with Gasteiger partial charge in [0.2, 0.25) is 0 Å². The van der Waals surface area contributed by atoms with Crippen LogP contribution >= 0.6 is 34.5 Å². The summed E-state index contributed by atoms with van der Waals surface area (Å²) in [5.74, 6) is -0.315. The molecule has 0 saturated heterocycles. The van der Waals surface area contributed by atoms with Crippen LogP contribution in [0.2, 0.25) is 10.0 Å². The van der Waals surface area contributed by atoms with Crippen LogP contribution in [0, 0.1) is 11.3 Å². The Labute approximate surface area is 213 Å². The van der Waals surface area contributed by atoms with E-state index < -0.39 is 17.6 Å². The molecule has 1 aromatic heterocycles. The number of hydrogen-bond acceptors (Lipinski definition) is 5. The average molecular weight is 538 g/mol. The molecule has 0 fully saturated rings. The minimum atomic E-state index is -4.49. The summed E-state index contributed by atoms with van der Waals surface area (Å²) in [6, 6.07) is 9.67. The Kier molecular flexibility index (Phi) is 8.57. The lowest BCUT2D eigenvalue weighted by Crippen LogP contribution is -2.13. The van der Waals surface area contributed by atoms with Crippen molar-refractivity contribution in [2.24, 2.45) is 0 Å². The maximum absolute atomic E-state index is 13.0. The van der Waals surface area contributed by atoms with Crippen molar-refractivity contribution in [3.8, 4) is 11.8 Å².